The number of benzene rings is 1. The Bertz CT molecular complexity index is 379. The first-order valence-corrected chi connectivity index (χ1v) is 7.66. The van der Waals surface area contributed by atoms with Crippen molar-refractivity contribution in [2.75, 3.05) is 13.7 Å². The molecule has 1 aromatic carbocycles. The second-order valence-electron chi connectivity index (χ2n) is 5.33. The molecule has 19 heavy (non-hydrogen) atoms. The molecule has 0 saturated heterocycles. The summed E-state index contributed by atoms with van der Waals surface area (Å²) in [6.07, 6.45) is 6.10. The average molecular weight is 282 g/mol. The van der Waals surface area contributed by atoms with Crippen LogP contribution in [-0.4, -0.2) is 19.3 Å². The fourth-order valence-corrected chi connectivity index (χ4v) is 3.47. The summed E-state index contributed by atoms with van der Waals surface area (Å²) in [4.78, 5) is 0. The molecule has 3 heteroatoms. The summed E-state index contributed by atoms with van der Waals surface area (Å²) in [7, 11) is 2.02. The van der Waals surface area contributed by atoms with Crippen molar-refractivity contribution < 1.29 is 4.74 Å². The van der Waals surface area contributed by atoms with E-state index in [-0.39, 0.29) is 11.6 Å². The summed E-state index contributed by atoms with van der Waals surface area (Å²) in [5, 5.41) is 4.25. The average Bonchev–Trinajstić information content (AvgIpc) is 2.43. The van der Waals surface area contributed by atoms with E-state index < -0.39 is 0 Å². The number of rotatable bonds is 5. The van der Waals surface area contributed by atoms with Gasteiger partial charge in [-0.3, -0.25) is 0 Å². The molecule has 1 aromatic rings. The van der Waals surface area contributed by atoms with Crippen LogP contribution in [0.5, 0.6) is 0 Å². The molecular weight excluding hydrogens is 258 g/mol. The fourth-order valence-electron chi connectivity index (χ4n) is 3.34. The number of ether oxygens (including phenoxy) is 1. The Hall–Kier alpha value is -0.570. The van der Waals surface area contributed by atoms with Crippen LogP contribution in [0, 0.1) is 0 Å². The molecule has 0 aromatic heterocycles. The number of likely N-dealkylation sites (N-methyl/N-ethyl adjacent to an activating group) is 1. The first-order valence-electron chi connectivity index (χ1n) is 7.28. The van der Waals surface area contributed by atoms with Crippen molar-refractivity contribution in [3.8, 4) is 0 Å². The number of nitrogens with one attached hydrogen (secondary N) is 1. The van der Waals surface area contributed by atoms with Crippen molar-refractivity contribution in [2.24, 2.45) is 0 Å². The predicted molar refractivity (Wildman–Crippen MR) is 80.7 cm³/mol. The summed E-state index contributed by atoms with van der Waals surface area (Å²) in [6.45, 7) is 2.86. The molecule has 2 rings (SSSR count). The maximum absolute atomic E-state index is 6.21. The summed E-state index contributed by atoms with van der Waals surface area (Å²) in [5.74, 6) is 0. The summed E-state index contributed by atoms with van der Waals surface area (Å²) in [6, 6.07) is 8.38. The Morgan fingerprint density at radius 2 is 1.84 bits per heavy atom. The third kappa shape index (κ3) is 3.31. The van der Waals surface area contributed by atoms with E-state index in [1.807, 2.05) is 19.2 Å². The largest absolute Gasteiger partial charge is 0.373 e. The van der Waals surface area contributed by atoms with Gasteiger partial charge in [0.25, 0.3) is 0 Å². The van der Waals surface area contributed by atoms with Crippen molar-refractivity contribution >= 4 is 11.6 Å². The van der Waals surface area contributed by atoms with Crippen molar-refractivity contribution in [3.05, 3.63) is 34.9 Å². The van der Waals surface area contributed by atoms with Gasteiger partial charge in [-0.1, -0.05) is 43.0 Å². The molecule has 0 spiro atoms. The van der Waals surface area contributed by atoms with E-state index in [1.54, 1.807) is 0 Å². The SMILES string of the molecule is CCOC1(C(NC)c2ccc(Cl)cc2)CCCCC1. The monoisotopic (exact) mass is 281 g/mol. The zero-order valence-electron chi connectivity index (χ0n) is 11.9. The van der Waals surface area contributed by atoms with Gasteiger partial charge in [0, 0.05) is 11.6 Å². The molecule has 1 aliphatic carbocycles. The van der Waals surface area contributed by atoms with Gasteiger partial charge in [-0.2, -0.15) is 0 Å². The van der Waals surface area contributed by atoms with Gasteiger partial charge in [-0.25, -0.2) is 0 Å². The highest BCUT2D eigenvalue weighted by Crippen LogP contribution is 2.41. The van der Waals surface area contributed by atoms with Crippen molar-refractivity contribution in [3.63, 3.8) is 0 Å². The molecule has 0 radical (unpaired) electrons. The zero-order valence-corrected chi connectivity index (χ0v) is 12.7. The predicted octanol–water partition coefficient (Wildman–Crippen LogP) is 4.34. The quantitative estimate of drug-likeness (QED) is 0.867. The standard InChI is InChI=1S/C16H24ClNO/c1-3-19-16(11-5-4-6-12-16)15(18-2)13-7-9-14(17)10-8-13/h7-10,15,18H,3-6,11-12H2,1-2H3. The lowest BCUT2D eigenvalue weighted by Crippen LogP contribution is -2.46. The second-order valence-corrected chi connectivity index (χ2v) is 5.77. The van der Waals surface area contributed by atoms with Crippen LogP contribution in [0.2, 0.25) is 5.02 Å². The van der Waals surface area contributed by atoms with Crippen molar-refractivity contribution in [1.29, 1.82) is 0 Å². The van der Waals surface area contributed by atoms with Gasteiger partial charge in [-0.15, -0.1) is 0 Å². The molecule has 2 nitrogen and oxygen atoms in total. The second kappa shape index (κ2) is 6.74. The topological polar surface area (TPSA) is 21.3 Å². The third-order valence-corrected chi connectivity index (χ3v) is 4.40. The summed E-state index contributed by atoms with van der Waals surface area (Å²) < 4.78 is 6.21. The normalized spacial score (nSPS) is 20.2. The van der Waals surface area contributed by atoms with Gasteiger partial charge in [0.15, 0.2) is 0 Å². The Morgan fingerprint density at radius 1 is 1.21 bits per heavy atom. The zero-order chi connectivity index (χ0) is 13.7. The van der Waals surface area contributed by atoms with Gasteiger partial charge in [-0.05, 0) is 44.5 Å². The highest BCUT2D eigenvalue weighted by Gasteiger charge is 2.40. The molecule has 1 aliphatic rings. The van der Waals surface area contributed by atoms with E-state index in [4.69, 9.17) is 16.3 Å². The molecule has 1 unspecified atom stereocenters. The first kappa shape index (κ1) is 14.8. The number of halogens is 1. The molecule has 1 saturated carbocycles. The molecule has 1 N–H and O–H groups in total. The minimum Gasteiger partial charge on any atom is -0.373 e. The van der Waals surface area contributed by atoms with Crippen LogP contribution in [-0.2, 0) is 4.74 Å². The summed E-state index contributed by atoms with van der Waals surface area (Å²) >= 11 is 5.99. The van der Waals surface area contributed by atoms with Gasteiger partial charge in [0.1, 0.15) is 0 Å². The van der Waals surface area contributed by atoms with Gasteiger partial charge < -0.3 is 10.1 Å². The van der Waals surface area contributed by atoms with Crippen LogP contribution < -0.4 is 5.32 Å². The Labute approximate surface area is 121 Å². The molecule has 0 bridgehead atoms. The van der Waals surface area contributed by atoms with Crippen molar-refractivity contribution in [2.45, 2.75) is 50.7 Å². The van der Waals surface area contributed by atoms with Crippen molar-refractivity contribution in [1.82, 2.24) is 5.32 Å². The molecule has 0 aliphatic heterocycles. The lowest BCUT2D eigenvalue weighted by molar-refractivity contribution is -0.0898. The van der Waals surface area contributed by atoms with E-state index in [9.17, 15) is 0 Å². The smallest absolute Gasteiger partial charge is 0.0876 e. The fraction of sp³-hybridized carbons (Fsp3) is 0.625. The highest BCUT2D eigenvalue weighted by molar-refractivity contribution is 6.30. The maximum Gasteiger partial charge on any atom is 0.0876 e. The van der Waals surface area contributed by atoms with E-state index in [0.717, 1.165) is 24.5 Å². The highest BCUT2D eigenvalue weighted by atomic mass is 35.5. The van der Waals surface area contributed by atoms with E-state index in [1.165, 1.54) is 24.8 Å². The van der Waals surface area contributed by atoms with Gasteiger partial charge >= 0.3 is 0 Å². The van der Waals surface area contributed by atoms with Crippen LogP contribution in [0.1, 0.15) is 50.6 Å². The third-order valence-electron chi connectivity index (χ3n) is 4.15. The Kier molecular flexibility index (Phi) is 5.26. The van der Waals surface area contributed by atoms with Crippen LogP contribution in [0.4, 0.5) is 0 Å². The molecule has 1 fully saturated rings. The van der Waals surface area contributed by atoms with Crippen LogP contribution >= 0.6 is 11.6 Å². The number of hydrogen-bond donors (Lipinski definition) is 1. The van der Waals surface area contributed by atoms with E-state index in [2.05, 4.69) is 24.4 Å². The van der Waals surface area contributed by atoms with E-state index in [0.29, 0.717) is 0 Å². The van der Waals surface area contributed by atoms with Gasteiger partial charge in [0.2, 0.25) is 0 Å². The lowest BCUT2D eigenvalue weighted by atomic mass is 9.76. The van der Waals surface area contributed by atoms with Crippen LogP contribution in [0.25, 0.3) is 0 Å². The molecule has 0 heterocycles. The van der Waals surface area contributed by atoms with E-state index >= 15 is 0 Å². The number of hydrogen-bond acceptors (Lipinski definition) is 2. The van der Waals surface area contributed by atoms with Crippen LogP contribution in [0.3, 0.4) is 0 Å². The summed E-state index contributed by atoms with van der Waals surface area (Å²) in [5.41, 5.74) is 1.21. The maximum atomic E-state index is 6.21. The minimum absolute atomic E-state index is 0.0599. The van der Waals surface area contributed by atoms with Gasteiger partial charge in [0.05, 0.1) is 11.6 Å². The minimum atomic E-state index is -0.0599. The molecule has 1 atom stereocenters. The molecule has 0 amide bonds. The van der Waals surface area contributed by atoms with Crippen LogP contribution in [0.15, 0.2) is 24.3 Å². The Morgan fingerprint density at radius 3 is 2.37 bits per heavy atom. The molecule has 106 valence electrons. The molecular formula is C16H24ClNO. The Balaban J connectivity index is 2.28. The lowest BCUT2D eigenvalue weighted by Gasteiger charge is -2.43. The first-order chi connectivity index (χ1) is 9.22.